The third-order valence-electron chi connectivity index (χ3n) is 5.47. The molecule has 0 bridgehead atoms. The number of methoxy groups -OCH3 is 1. The predicted molar refractivity (Wildman–Crippen MR) is 101 cm³/mol. The van der Waals surface area contributed by atoms with Gasteiger partial charge in [-0.05, 0) is 56.1 Å². The van der Waals surface area contributed by atoms with Crippen molar-refractivity contribution in [3.63, 3.8) is 0 Å². The Kier molecular flexibility index (Phi) is 5.67. The number of benzene rings is 1. The lowest BCUT2D eigenvalue weighted by Gasteiger charge is -2.44. The summed E-state index contributed by atoms with van der Waals surface area (Å²) in [6.45, 7) is 6.00. The van der Waals surface area contributed by atoms with Gasteiger partial charge in [-0.15, -0.1) is 0 Å². The van der Waals surface area contributed by atoms with E-state index < -0.39 is 0 Å². The van der Waals surface area contributed by atoms with Gasteiger partial charge in [-0.25, -0.2) is 0 Å². The van der Waals surface area contributed by atoms with E-state index in [1.165, 1.54) is 0 Å². The van der Waals surface area contributed by atoms with E-state index in [0.717, 1.165) is 24.3 Å². The third kappa shape index (κ3) is 3.93. The molecule has 5 nitrogen and oxygen atoms in total. The average Bonchev–Trinajstić information content (AvgIpc) is 3.18. The van der Waals surface area contributed by atoms with E-state index in [9.17, 15) is 4.79 Å². The van der Waals surface area contributed by atoms with E-state index >= 15 is 0 Å². The quantitative estimate of drug-likeness (QED) is 0.820. The summed E-state index contributed by atoms with van der Waals surface area (Å²) in [6.07, 6.45) is 2.51. The largest absolute Gasteiger partial charge is 0.497 e. The molecule has 140 valence electrons. The lowest BCUT2D eigenvalue weighted by atomic mass is 9.88. The molecule has 0 N–H and O–H groups in total. The van der Waals surface area contributed by atoms with Crippen molar-refractivity contribution in [2.24, 2.45) is 5.92 Å². The summed E-state index contributed by atoms with van der Waals surface area (Å²) in [4.78, 5) is 17.5. The zero-order valence-corrected chi connectivity index (χ0v) is 16.0. The molecule has 2 heterocycles. The zero-order chi connectivity index (χ0) is 18.7. The Morgan fingerprint density at radius 2 is 2.00 bits per heavy atom. The van der Waals surface area contributed by atoms with Crippen LogP contribution in [0, 0.1) is 5.92 Å². The summed E-state index contributed by atoms with van der Waals surface area (Å²) < 4.78 is 10.6. The summed E-state index contributed by atoms with van der Waals surface area (Å²) >= 11 is 0. The second-order valence-corrected chi connectivity index (χ2v) is 7.33. The first-order chi connectivity index (χ1) is 12.5. The molecule has 1 saturated heterocycles. The number of ether oxygens (including phenoxy) is 1. The molecule has 0 unspecified atom stereocenters. The number of carbonyl (C=O) groups is 1. The summed E-state index contributed by atoms with van der Waals surface area (Å²) in [7, 11) is 3.81. The second-order valence-electron chi connectivity index (χ2n) is 7.33. The van der Waals surface area contributed by atoms with E-state index in [-0.39, 0.29) is 11.9 Å². The topological polar surface area (TPSA) is 45.9 Å². The van der Waals surface area contributed by atoms with Crippen molar-refractivity contribution < 1.29 is 13.9 Å². The average molecular weight is 356 g/mol. The first kappa shape index (κ1) is 18.5. The predicted octanol–water partition coefficient (Wildman–Crippen LogP) is 3.66. The Bertz CT molecular complexity index is 711. The Hall–Kier alpha value is -2.27. The minimum absolute atomic E-state index is 0.0422. The Morgan fingerprint density at radius 3 is 2.62 bits per heavy atom. The normalized spacial score (nSPS) is 23.6. The van der Waals surface area contributed by atoms with Crippen LogP contribution in [0.25, 0.3) is 0 Å². The number of piperidine rings is 1. The van der Waals surface area contributed by atoms with Gasteiger partial charge in [-0.3, -0.25) is 4.79 Å². The highest BCUT2D eigenvalue weighted by Gasteiger charge is 2.36. The molecular weight excluding hydrogens is 328 g/mol. The number of amides is 1. The van der Waals surface area contributed by atoms with Crippen LogP contribution in [0.3, 0.4) is 0 Å². The van der Waals surface area contributed by atoms with Gasteiger partial charge in [0.25, 0.3) is 5.91 Å². The van der Waals surface area contributed by atoms with E-state index in [1.54, 1.807) is 25.5 Å². The Morgan fingerprint density at radius 1 is 1.27 bits per heavy atom. The minimum atomic E-state index is -0.0422. The highest BCUT2D eigenvalue weighted by molar-refractivity contribution is 5.91. The van der Waals surface area contributed by atoms with Crippen molar-refractivity contribution in [2.45, 2.75) is 38.9 Å². The molecule has 1 amide bonds. The molecule has 1 aromatic heterocycles. The van der Waals surface area contributed by atoms with Gasteiger partial charge < -0.3 is 19.0 Å². The van der Waals surface area contributed by atoms with Crippen molar-refractivity contribution in [1.29, 1.82) is 0 Å². The van der Waals surface area contributed by atoms with E-state index in [4.69, 9.17) is 9.15 Å². The van der Waals surface area contributed by atoms with Crippen molar-refractivity contribution in [2.75, 3.05) is 20.7 Å². The molecule has 3 atom stereocenters. The van der Waals surface area contributed by atoms with Crippen molar-refractivity contribution in [1.82, 2.24) is 9.80 Å². The van der Waals surface area contributed by atoms with Crippen LogP contribution in [0.4, 0.5) is 0 Å². The van der Waals surface area contributed by atoms with Gasteiger partial charge in [-0.2, -0.15) is 0 Å². The van der Waals surface area contributed by atoms with Gasteiger partial charge in [0, 0.05) is 25.2 Å². The van der Waals surface area contributed by atoms with Gasteiger partial charge in [0.2, 0.25) is 0 Å². The number of nitrogens with zero attached hydrogens (tertiary/aromatic N) is 2. The molecular formula is C21H28N2O3. The van der Waals surface area contributed by atoms with E-state index in [1.807, 2.05) is 29.2 Å². The van der Waals surface area contributed by atoms with E-state index in [2.05, 4.69) is 25.8 Å². The van der Waals surface area contributed by atoms with Crippen molar-refractivity contribution >= 4 is 5.91 Å². The van der Waals surface area contributed by atoms with Gasteiger partial charge in [0.1, 0.15) is 5.75 Å². The maximum atomic E-state index is 13.2. The first-order valence-corrected chi connectivity index (χ1v) is 9.17. The summed E-state index contributed by atoms with van der Waals surface area (Å²) in [6, 6.07) is 12.0. The molecule has 1 fully saturated rings. The highest BCUT2D eigenvalue weighted by Crippen LogP contribution is 2.28. The number of hydrogen-bond acceptors (Lipinski definition) is 4. The second kappa shape index (κ2) is 7.96. The molecule has 5 heteroatoms. The van der Waals surface area contributed by atoms with Crippen LogP contribution < -0.4 is 4.74 Å². The number of likely N-dealkylation sites (tertiary alicyclic amines) is 1. The smallest absolute Gasteiger partial charge is 0.290 e. The van der Waals surface area contributed by atoms with Gasteiger partial charge in [-0.1, -0.05) is 19.1 Å². The molecule has 0 spiro atoms. The van der Waals surface area contributed by atoms with Gasteiger partial charge >= 0.3 is 0 Å². The fourth-order valence-electron chi connectivity index (χ4n) is 3.76. The van der Waals surface area contributed by atoms with Crippen LogP contribution in [-0.4, -0.2) is 48.5 Å². The molecule has 0 radical (unpaired) electrons. The molecule has 1 aromatic carbocycles. The van der Waals surface area contributed by atoms with Crippen LogP contribution in [0.15, 0.2) is 47.1 Å². The minimum Gasteiger partial charge on any atom is -0.497 e. The highest BCUT2D eigenvalue weighted by atomic mass is 16.5. The fraction of sp³-hybridized carbons (Fsp3) is 0.476. The molecule has 2 aromatic rings. The van der Waals surface area contributed by atoms with Gasteiger partial charge in [0.05, 0.1) is 13.4 Å². The fourth-order valence-corrected chi connectivity index (χ4v) is 3.76. The standard InChI is InChI=1S/C21H28N2O3/c1-15-13-22(3)16(2)12-19(15)23(21(24)20-6-5-11-26-20)14-17-7-9-18(25-4)10-8-17/h5-11,15-16,19H,12-14H2,1-4H3/t15-,16-,19-/m0/s1. The zero-order valence-electron chi connectivity index (χ0n) is 16.0. The first-order valence-electron chi connectivity index (χ1n) is 9.17. The number of hydrogen-bond donors (Lipinski definition) is 0. The third-order valence-corrected chi connectivity index (χ3v) is 5.47. The summed E-state index contributed by atoms with van der Waals surface area (Å²) in [5.74, 6) is 1.57. The molecule has 26 heavy (non-hydrogen) atoms. The SMILES string of the molecule is COc1ccc(CN(C(=O)c2ccco2)[C@H]2C[C@H](C)N(C)C[C@@H]2C)cc1. The van der Waals surface area contributed by atoms with E-state index in [0.29, 0.717) is 24.3 Å². The lowest BCUT2D eigenvalue weighted by molar-refractivity contribution is 0.0290. The number of furan rings is 1. The maximum absolute atomic E-state index is 13.2. The van der Waals surface area contributed by atoms with Gasteiger partial charge in [0.15, 0.2) is 5.76 Å². The lowest BCUT2D eigenvalue weighted by Crippen LogP contribution is -2.53. The molecule has 3 rings (SSSR count). The van der Waals surface area contributed by atoms with Crippen molar-refractivity contribution in [3.05, 3.63) is 54.0 Å². The summed E-state index contributed by atoms with van der Waals surface area (Å²) in [5, 5.41) is 0. The number of carbonyl (C=O) groups excluding carboxylic acids is 1. The van der Waals surface area contributed by atoms with Crippen LogP contribution in [0.5, 0.6) is 5.75 Å². The maximum Gasteiger partial charge on any atom is 0.290 e. The Labute approximate surface area is 155 Å². The van der Waals surface area contributed by atoms with Crippen LogP contribution in [0.2, 0.25) is 0 Å². The molecule has 1 aliphatic rings. The van der Waals surface area contributed by atoms with Crippen LogP contribution in [-0.2, 0) is 6.54 Å². The summed E-state index contributed by atoms with van der Waals surface area (Å²) in [5.41, 5.74) is 1.09. The van der Waals surface area contributed by atoms with Crippen LogP contribution >= 0.6 is 0 Å². The van der Waals surface area contributed by atoms with Crippen molar-refractivity contribution in [3.8, 4) is 5.75 Å². The number of rotatable bonds is 5. The molecule has 0 saturated carbocycles. The molecule has 1 aliphatic heterocycles. The monoisotopic (exact) mass is 356 g/mol. The van der Waals surface area contributed by atoms with Crippen LogP contribution in [0.1, 0.15) is 36.4 Å². The molecule has 0 aliphatic carbocycles. The Balaban J connectivity index is 1.87.